The number of hydrogen-bond donors (Lipinski definition) is 1. The van der Waals surface area contributed by atoms with Gasteiger partial charge >= 0.3 is 0 Å². The third-order valence-electron chi connectivity index (χ3n) is 2.03. The van der Waals surface area contributed by atoms with E-state index in [0.29, 0.717) is 0 Å². The molecule has 0 aliphatic carbocycles. The van der Waals surface area contributed by atoms with Gasteiger partial charge in [-0.2, -0.15) is 0 Å². The van der Waals surface area contributed by atoms with Gasteiger partial charge in [-0.3, -0.25) is 0 Å². The minimum Gasteiger partial charge on any atom is -0.384 e. The van der Waals surface area contributed by atoms with Gasteiger partial charge in [0.1, 0.15) is 0 Å². The summed E-state index contributed by atoms with van der Waals surface area (Å²) in [5.74, 6) is 0. The summed E-state index contributed by atoms with van der Waals surface area (Å²) in [6, 6.07) is 6.05. The molecule has 1 aromatic carbocycles. The lowest BCUT2D eigenvalue weighted by atomic mass is 10.2. The van der Waals surface area contributed by atoms with Crippen molar-refractivity contribution < 1.29 is 0 Å². The maximum Gasteiger partial charge on any atom is 0.0640 e. The number of anilines is 1. The number of aryl methyl sites for hydroxylation is 1. The van der Waals surface area contributed by atoms with Crippen molar-refractivity contribution in [2.75, 3.05) is 11.9 Å². The van der Waals surface area contributed by atoms with Crippen molar-refractivity contribution in [1.82, 2.24) is 0 Å². The summed E-state index contributed by atoms with van der Waals surface area (Å²) in [6.45, 7) is 6.65. The SMILES string of the molecule is C=CCCCNc1ccc(C)cc1Cl. The van der Waals surface area contributed by atoms with Crippen molar-refractivity contribution in [2.24, 2.45) is 0 Å². The lowest BCUT2D eigenvalue weighted by molar-refractivity contribution is 0.891. The number of allylic oxidation sites excluding steroid dienone is 1. The van der Waals surface area contributed by atoms with E-state index in [0.717, 1.165) is 30.1 Å². The summed E-state index contributed by atoms with van der Waals surface area (Å²) >= 11 is 6.06. The average Bonchev–Trinajstić information content (AvgIpc) is 2.15. The molecule has 0 saturated carbocycles. The van der Waals surface area contributed by atoms with Crippen LogP contribution in [0.4, 0.5) is 5.69 Å². The summed E-state index contributed by atoms with van der Waals surface area (Å²) in [5, 5.41) is 4.09. The van der Waals surface area contributed by atoms with E-state index in [4.69, 9.17) is 11.6 Å². The molecule has 1 aromatic rings. The molecule has 0 aliphatic rings. The lowest BCUT2D eigenvalue weighted by Crippen LogP contribution is -2.01. The van der Waals surface area contributed by atoms with E-state index in [9.17, 15) is 0 Å². The highest BCUT2D eigenvalue weighted by Crippen LogP contribution is 2.22. The Bertz CT molecular complexity index is 307. The molecule has 0 amide bonds. The molecule has 0 heterocycles. The second-order valence-electron chi connectivity index (χ2n) is 3.34. The quantitative estimate of drug-likeness (QED) is 0.571. The molecule has 0 saturated heterocycles. The summed E-state index contributed by atoms with van der Waals surface area (Å²) < 4.78 is 0. The summed E-state index contributed by atoms with van der Waals surface area (Å²) in [7, 11) is 0. The first-order valence-corrected chi connectivity index (χ1v) is 5.23. The van der Waals surface area contributed by atoms with Gasteiger partial charge in [-0.05, 0) is 37.5 Å². The van der Waals surface area contributed by atoms with Crippen molar-refractivity contribution in [1.29, 1.82) is 0 Å². The van der Waals surface area contributed by atoms with Crippen molar-refractivity contribution in [3.63, 3.8) is 0 Å². The minimum absolute atomic E-state index is 0.795. The minimum atomic E-state index is 0.795. The molecule has 2 heteroatoms. The number of hydrogen-bond acceptors (Lipinski definition) is 1. The molecule has 76 valence electrons. The van der Waals surface area contributed by atoms with Gasteiger partial charge in [0, 0.05) is 6.54 Å². The maximum absolute atomic E-state index is 6.06. The van der Waals surface area contributed by atoms with E-state index >= 15 is 0 Å². The molecule has 0 aliphatic heterocycles. The molecule has 14 heavy (non-hydrogen) atoms. The van der Waals surface area contributed by atoms with Crippen LogP contribution < -0.4 is 5.32 Å². The van der Waals surface area contributed by atoms with Crippen molar-refractivity contribution in [3.8, 4) is 0 Å². The molecule has 0 aromatic heterocycles. The van der Waals surface area contributed by atoms with E-state index < -0.39 is 0 Å². The zero-order valence-corrected chi connectivity index (χ0v) is 9.27. The van der Waals surface area contributed by atoms with E-state index in [-0.39, 0.29) is 0 Å². The van der Waals surface area contributed by atoms with Crippen LogP contribution in [0.2, 0.25) is 5.02 Å². The third kappa shape index (κ3) is 3.43. The first-order valence-electron chi connectivity index (χ1n) is 4.85. The van der Waals surface area contributed by atoms with Crippen LogP contribution in [0.5, 0.6) is 0 Å². The van der Waals surface area contributed by atoms with Crippen LogP contribution in [0.3, 0.4) is 0 Å². The van der Waals surface area contributed by atoms with Crippen LogP contribution in [-0.2, 0) is 0 Å². The fourth-order valence-electron chi connectivity index (χ4n) is 1.23. The normalized spacial score (nSPS) is 9.86. The summed E-state index contributed by atoms with van der Waals surface area (Å²) in [4.78, 5) is 0. The molecule has 0 radical (unpaired) electrons. The van der Waals surface area contributed by atoms with Gasteiger partial charge in [0.25, 0.3) is 0 Å². The Labute approximate surface area is 90.8 Å². The monoisotopic (exact) mass is 209 g/mol. The van der Waals surface area contributed by atoms with Crippen LogP contribution >= 0.6 is 11.6 Å². The molecule has 1 rings (SSSR count). The van der Waals surface area contributed by atoms with Gasteiger partial charge in [-0.15, -0.1) is 6.58 Å². The maximum atomic E-state index is 6.06. The van der Waals surface area contributed by atoms with Crippen LogP contribution in [-0.4, -0.2) is 6.54 Å². The summed E-state index contributed by atoms with van der Waals surface area (Å²) in [6.07, 6.45) is 4.06. The Balaban J connectivity index is 2.46. The molecule has 1 nitrogen and oxygen atoms in total. The second-order valence-corrected chi connectivity index (χ2v) is 3.75. The molecular formula is C12H16ClN. The third-order valence-corrected chi connectivity index (χ3v) is 2.34. The van der Waals surface area contributed by atoms with Crippen LogP contribution in [0.25, 0.3) is 0 Å². The van der Waals surface area contributed by atoms with Crippen molar-refractivity contribution in [2.45, 2.75) is 19.8 Å². The Kier molecular flexibility index (Phi) is 4.54. The predicted octanol–water partition coefficient (Wildman–Crippen LogP) is 4.03. The zero-order valence-electron chi connectivity index (χ0n) is 8.52. The van der Waals surface area contributed by atoms with E-state index in [1.165, 1.54) is 5.56 Å². The van der Waals surface area contributed by atoms with Gasteiger partial charge < -0.3 is 5.32 Å². The Hall–Kier alpha value is -0.950. The Morgan fingerprint density at radius 3 is 2.93 bits per heavy atom. The number of rotatable bonds is 5. The molecule has 0 fully saturated rings. The fraction of sp³-hybridized carbons (Fsp3) is 0.333. The second kappa shape index (κ2) is 5.71. The predicted molar refractivity (Wildman–Crippen MR) is 64.1 cm³/mol. The van der Waals surface area contributed by atoms with E-state index in [1.54, 1.807) is 0 Å². The number of benzene rings is 1. The smallest absolute Gasteiger partial charge is 0.0640 e. The molecule has 0 unspecified atom stereocenters. The highest BCUT2D eigenvalue weighted by Gasteiger charge is 1.98. The molecule has 0 atom stereocenters. The molecule has 0 bridgehead atoms. The van der Waals surface area contributed by atoms with Gasteiger partial charge in [0.2, 0.25) is 0 Å². The molecule has 1 N–H and O–H groups in total. The first kappa shape index (κ1) is 11.1. The molecular weight excluding hydrogens is 194 g/mol. The standard InChI is InChI=1S/C12H16ClN/c1-3-4-5-8-14-12-7-6-10(2)9-11(12)13/h3,6-7,9,14H,1,4-5,8H2,2H3. The van der Waals surface area contributed by atoms with E-state index in [1.807, 2.05) is 25.1 Å². The van der Waals surface area contributed by atoms with Gasteiger partial charge in [-0.1, -0.05) is 23.7 Å². The number of halogens is 1. The summed E-state index contributed by atoms with van der Waals surface area (Å²) in [5.41, 5.74) is 2.20. The fourth-order valence-corrected chi connectivity index (χ4v) is 1.53. The Morgan fingerprint density at radius 1 is 1.50 bits per heavy atom. The van der Waals surface area contributed by atoms with Crippen LogP contribution in [0, 0.1) is 6.92 Å². The Morgan fingerprint density at radius 2 is 2.29 bits per heavy atom. The van der Waals surface area contributed by atoms with E-state index in [2.05, 4.69) is 18.0 Å². The average molecular weight is 210 g/mol. The number of nitrogens with one attached hydrogen (secondary N) is 1. The van der Waals surface area contributed by atoms with Crippen LogP contribution in [0.1, 0.15) is 18.4 Å². The first-order chi connectivity index (χ1) is 6.74. The topological polar surface area (TPSA) is 12.0 Å². The number of unbranched alkanes of at least 4 members (excludes halogenated alkanes) is 1. The highest BCUT2D eigenvalue weighted by molar-refractivity contribution is 6.33. The lowest BCUT2D eigenvalue weighted by Gasteiger charge is -2.07. The van der Waals surface area contributed by atoms with Crippen molar-refractivity contribution >= 4 is 17.3 Å². The highest BCUT2D eigenvalue weighted by atomic mass is 35.5. The van der Waals surface area contributed by atoms with Gasteiger partial charge in [0.05, 0.1) is 10.7 Å². The van der Waals surface area contributed by atoms with Crippen LogP contribution in [0.15, 0.2) is 30.9 Å². The van der Waals surface area contributed by atoms with Crippen molar-refractivity contribution in [3.05, 3.63) is 41.4 Å². The van der Waals surface area contributed by atoms with Gasteiger partial charge in [-0.25, -0.2) is 0 Å². The zero-order chi connectivity index (χ0) is 10.4. The molecule has 0 spiro atoms. The van der Waals surface area contributed by atoms with Gasteiger partial charge in [0.15, 0.2) is 0 Å². The largest absolute Gasteiger partial charge is 0.384 e.